The highest BCUT2D eigenvalue weighted by molar-refractivity contribution is 5.73. The van der Waals surface area contributed by atoms with E-state index in [1.807, 2.05) is 6.92 Å². The summed E-state index contributed by atoms with van der Waals surface area (Å²) in [6.45, 7) is 2.00. The molecule has 0 radical (unpaired) electrons. The Hall–Kier alpha value is -1.38. The molecule has 2 aliphatic rings. The van der Waals surface area contributed by atoms with Gasteiger partial charge < -0.3 is 49.8 Å². The van der Waals surface area contributed by atoms with Gasteiger partial charge in [-0.1, -0.05) is 6.92 Å². The fourth-order valence-corrected chi connectivity index (χ4v) is 4.23. The molecule has 0 saturated carbocycles. The van der Waals surface area contributed by atoms with Crippen LogP contribution in [0, 0.1) is 11.8 Å². The van der Waals surface area contributed by atoms with Crippen LogP contribution in [-0.2, 0) is 28.5 Å². The number of carboxylic acids is 1. The molecular formula is C19H32NO11-. The molecule has 0 aromatic heterocycles. The molecule has 0 spiro atoms. The van der Waals surface area contributed by atoms with Crippen LogP contribution in [0.5, 0.6) is 0 Å². The van der Waals surface area contributed by atoms with Gasteiger partial charge in [0, 0.05) is 25.9 Å². The van der Waals surface area contributed by atoms with E-state index in [0.717, 1.165) is 0 Å². The van der Waals surface area contributed by atoms with Gasteiger partial charge in [0.05, 0.1) is 37.6 Å². The Morgan fingerprint density at radius 1 is 1.03 bits per heavy atom. The Labute approximate surface area is 180 Å². The second kappa shape index (κ2) is 11.5. The second-order valence-corrected chi connectivity index (χ2v) is 7.85. The highest BCUT2D eigenvalue weighted by atomic mass is 16.7. The zero-order valence-electron chi connectivity index (χ0n) is 17.7. The molecule has 2 heterocycles. The number of amides is 1. The van der Waals surface area contributed by atoms with Gasteiger partial charge in [-0.25, -0.2) is 4.79 Å². The highest BCUT2D eigenvalue weighted by Gasteiger charge is 2.48. The zero-order chi connectivity index (χ0) is 23.3. The van der Waals surface area contributed by atoms with Crippen molar-refractivity contribution in [2.75, 3.05) is 26.9 Å². The number of hydrogen-bond acceptors (Lipinski definition) is 10. The van der Waals surface area contributed by atoms with Gasteiger partial charge in [0.2, 0.25) is 5.91 Å². The number of nitrogens with one attached hydrogen (secondary N) is 1. The van der Waals surface area contributed by atoms with Gasteiger partial charge in [-0.05, 0) is 6.42 Å². The minimum atomic E-state index is -1.49. The third-order valence-corrected chi connectivity index (χ3v) is 5.84. The molecule has 5 N–H and O–H groups in total. The molecule has 10 atom stereocenters. The minimum Gasteiger partial charge on any atom is -0.853 e. The van der Waals surface area contributed by atoms with Gasteiger partial charge >= 0.3 is 5.97 Å². The number of rotatable bonds is 9. The predicted molar refractivity (Wildman–Crippen MR) is 101 cm³/mol. The molecule has 2 aliphatic heterocycles. The summed E-state index contributed by atoms with van der Waals surface area (Å²) in [5.74, 6) is -3.25. The molecule has 0 aromatic rings. The number of aliphatic hydroxyl groups excluding tert-OH is 3. The van der Waals surface area contributed by atoms with Gasteiger partial charge in [0.15, 0.2) is 12.4 Å². The van der Waals surface area contributed by atoms with E-state index in [2.05, 4.69) is 5.32 Å². The van der Waals surface area contributed by atoms with Crippen LogP contribution in [0.25, 0.3) is 0 Å². The Morgan fingerprint density at radius 3 is 2.23 bits per heavy atom. The van der Waals surface area contributed by atoms with Crippen molar-refractivity contribution in [3.63, 3.8) is 0 Å². The van der Waals surface area contributed by atoms with Gasteiger partial charge in [0.25, 0.3) is 0 Å². The van der Waals surface area contributed by atoms with E-state index >= 15 is 0 Å². The summed E-state index contributed by atoms with van der Waals surface area (Å²) in [7, 11) is 1.21. The summed E-state index contributed by atoms with van der Waals surface area (Å²) in [6, 6.07) is -0.633. The average molecular weight is 450 g/mol. The van der Waals surface area contributed by atoms with Crippen molar-refractivity contribution in [1.82, 2.24) is 5.32 Å². The number of carbonyl (C=O) groups excluding carboxylic acids is 1. The largest absolute Gasteiger partial charge is 0.853 e. The number of carboxylic acid groups (broad SMARTS) is 1. The molecular weight excluding hydrogens is 418 g/mol. The second-order valence-electron chi connectivity index (χ2n) is 7.85. The van der Waals surface area contributed by atoms with Gasteiger partial charge in [-0.15, -0.1) is 6.61 Å². The summed E-state index contributed by atoms with van der Waals surface area (Å²) >= 11 is 0. The topological polar surface area (TPSA) is 187 Å². The fourth-order valence-electron chi connectivity index (χ4n) is 4.23. The third-order valence-electron chi connectivity index (χ3n) is 5.84. The van der Waals surface area contributed by atoms with Crippen molar-refractivity contribution in [3.8, 4) is 0 Å². The van der Waals surface area contributed by atoms with Crippen LogP contribution in [0.2, 0.25) is 0 Å². The summed E-state index contributed by atoms with van der Waals surface area (Å²) in [6.07, 6.45) is -8.09. The lowest BCUT2D eigenvalue weighted by molar-refractivity contribution is -0.400. The molecule has 10 unspecified atom stereocenters. The predicted octanol–water partition coefficient (Wildman–Crippen LogP) is -3.18. The molecule has 2 rings (SSSR count). The standard InChI is InChI=1S/C19H32NO11/c1-4-9-13(20-8(2)22)12(30-11(5-21)14(9)23)7-29-6-10-15(24)16(25)19(28-3)31-17(10)18(26)27/h9-17,19,23-25H,4-7H2,1-3H3,(H,20,22)(H,26,27)/q-1. The maximum Gasteiger partial charge on any atom is 0.333 e. The van der Waals surface area contributed by atoms with Crippen LogP contribution in [-0.4, -0.2) is 108 Å². The number of ether oxygens (including phenoxy) is 4. The van der Waals surface area contributed by atoms with Gasteiger partial charge in [-0.2, -0.15) is 0 Å². The number of hydrogen-bond donors (Lipinski definition) is 5. The summed E-state index contributed by atoms with van der Waals surface area (Å²) in [5, 5.41) is 54.4. The van der Waals surface area contributed by atoms with Crippen LogP contribution in [0.1, 0.15) is 20.3 Å². The first-order valence-corrected chi connectivity index (χ1v) is 10.2. The monoisotopic (exact) mass is 450 g/mol. The van der Waals surface area contributed by atoms with Gasteiger partial charge in [0.1, 0.15) is 12.2 Å². The molecule has 0 aromatic carbocycles. The van der Waals surface area contributed by atoms with Crippen molar-refractivity contribution >= 4 is 11.9 Å². The van der Waals surface area contributed by atoms with E-state index < -0.39 is 73.4 Å². The normalized spacial score (nSPS) is 41.0. The Kier molecular flexibility index (Phi) is 9.58. The Bertz CT molecular complexity index is 605. The molecule has 1 amide bonds. The average Bonchev–Trinajstić information content (AvgIpc) is 2.72. The van der Waals surface area contributed by atoms with E-state index in [4.69, 9.17) is 18.9 Å². The first-order valence-electron chi connectivity index (χ1n) is 10.2. The maximum absolute atomic E-state index is 11.6. The third kappa shape index (κ3) is 5.90. The summed E-state index contributed by atoms with van der Waals surface area (Å²) in [5.41, 5.74) is 0. The Balaban J connectivity index is 2.09. The first kappa shape index (κ1) is 25.9. The lowest BCUT2D eigenvalue weighted by Crippen LogP contribution is -2.63. The Morgan fingerprint density at radius 2 is 1.71 bits per heavy atom. The van der Waals surface area contributed by atoms with Crippen LogP contribution in [0.15, 0.2) is 0 Å². The van der Waals surface area contributed by atoms with Crippen LogP contribution < -0.4 is 10.4 Å². The maximum atomic E-state index is 11.6. The number of aliphatic carboxylic acids is 1. The van der Waals surface area contributed by atoms with Crippen LogP contribution in [0.3, 0.4) is 0 Å². The molecule has 0 bridgehead atoms. The SMILES string of the molecule is CCC1C(O)C(C[O-])OC(COCC2C(C(=O)O)OC(OC)C(O)C2O)C1NC(C)=O. The highest BCUT2D eigenvalue weighted by Crippen LogP contribution is 2.30. The minimum absolute atomic E-state index is 0.149. The molecule has 12 heteroatoms. The van der Waals surface area contributed by atoms with Crippen molar-refractivity contribution in [2.45, 2.75) is 69.2 Å². The molecule has 2 fully saturated rings. The van der Waals surface area contributed by atoms with Crippen molar-refractivity contribution < 1.29 is 54.1 Å². The number of methoxy groups -OCH3 is 1. The zero-order valence-corrected chi connectivity index (χ0v) is 17.7. The van der Waals surface area contributed by atoms with Gasteiger partial charge in [-0.3, -0.25) is 4.79 Å². The molecule has 0 aliphatic carbocycles. The quantitative estimate of drug-likeness (QED) is 0.238. The lowest BCUT2D eigenvalue weighted by atomic mass is 9.82. The molecule has 12 nitrogen and oxygen atoms in total. The van der Waals surface area contributed by atoms with E-state index in [9.17, 15) is 35.1 Å². The van der Waals surface area contributed by atoms with E-state index in [1.165, 1.54) is 14.0 Å². The molecule has 31 heavy (non-hydrogen) atoms. The fraction of sp³-hybridized carbons (Fsp3) is 0.895. The van der Waals surface area contributed by atoms with E-state index in [0.29, 0.717) is 6.42 Å². The summed E-state index contributed by atoms with van der Waals surface area (Å²) in [4.78, 5) is 23.2. The van der Waals surface area contributed by atoms with E-state index in [1.54, 1.807) is 0 Å². The van der Waals surface area contributed by atoms with E-state index in [-0.39, 0.29) is 19.1 Å². The lowest BCUT2D eigenvalue weighted by Gasteiger charge is -2.46. The van der Waals surface area contributed by atoms with Crippen molar-refractivity contribution in [1.29, 1.82) is 0 Å². The molecule has 2 saturated heterocycles. The van der Waals surface area contributed by atoms with Crippen LogP contribution in [0.4, 0.5) is 0 Å². The van der Waals surface area contributed by atoms with Crippen LogP contribution >= 0.6 is 0 Å². The smallest absolute Gasteiger partial charge is 0.333 e. The summed E-state index contributed by atoms with van der Waals surface area (Å²) < 4.78 is 21.3. The van der Waals surface area contributed by atoms with Crippen molar-refractivity contribution in [2.24, 2.45) is 11.8 Å². The van der Waals surface area contributed by atoms with Crippen molar-refractivity contribution in [3.05, 3.63) is 0 Å². The first-order chi connectivity index (χ1) is 14.7. The molecule has 180 valence electrons. The number of aliphatic hydroxyl groups is 3. The number of carbonyl (C=O) groups is 2.